The van der Waals surface area contributed by atoms with Gasteiger partial charge < -0.3 is 4.74 Å². The summed E-state index contributed by atoms with van der Waals surface area (Å²) in [4.78, 5) is 0. The summed E-state index contributed by atoms with van der Waals surface area (Å²) in [5.74, 6) is 0. The van der Waals surface area contributed by atoms with Crippen LogP contribution in [0.2, 0.25) is 0 Å². The summed E-state index contributed by atoms with van der Waals surface area (Å²) in [6.07, 6.45) is 6.36. The van der Waals surface area contributed by atoms with E-state index in [2.05, 4.69) is 13.3 Å². The average molecular weight is 113 g/mol. The van der Waals surface area contributed by atoms with Gasteiger partial charge in [-0.15, -0.1) is 0 Å². The molecule has 0 aromatic heterocycles. The lowest BCUT2D eigenvalue weighted by Gasteiger charge is -2.04. The van der Waals surface area contributed by atoms with Gasteiger partial charge in [0.25, 0.3) is 0 Å². The summed E-state index contributed by atoms with van der Waals surface area (Å²) in [7, 11) is 0. The van der Waals surface area contributed by atoms with Gasteiger partial charge in [-0.1, -0.05) is 13.3 Å². The third kappa shape index (κ3) is 1.48. The van der Waals surface area contributed by atoms with Gasteiger partial charge in [0.15, 0.2) is 0 Å². The predicted octanol–water partition coefficient (Wildman–Crippen LogP) is 1.78. The summed E-state index contributed by atoms with van der Waals surface area (Å²) in [6, 6.07) is 0. The quantitative estimate of drug-likeness (QED) is 0.530. The van der Waals surface area contributed by atoms with Crippen molar-refractivity contribution >= 4 is 0 Å². The van der Waals surface area contributed by atoms with E-state index in [1.165, 1.54) is 12.8 Å². The molecule has 47 valence electrons. The van der Waals surface area contributed by atoms with E-state index in [0.717, 1.165) is 13.0 Å². The molecule has 1 aliphatic rings. The van der Waals surface area contributed by atoms with Gasteiger partial charge in [-0.05, 0) is 19.3 Å². The van der Waals surface area contributed by atoms with Crippen LogP contribution < -0.4 is 0 Å². The van der Waals surface area contributed by atoms with Crippen LogP contribution in [0.4, 0.5) is 0 Å². The summed E-state index contributed by atoms with van der Waals surface area (Å²) in [5, 5.41) is 0. The standard InChI is InChI=1S/C7H13O/c1-2-4-7-5-3-6-8-7/h5,7H,2-4,6H2,1H3. The Labute approximate surface area is 51.0 Å². The molecular formula is C7H13O. The van der Waals surface area contributed by atoms with Crippen LogP contribution in [0.15, 0.2) is 0 Å². The summed E-state index contributed by atoms with van der Waals surface area (Å²) in [6.45, 7) is 3.14. The van der Waals surface area contributed by atoms with Crippen LogP contribution in [-0.4, -0.2) is 12.7 Å². The molecule has 1 rings (SSSR count). The van der Waals surface area contributed by atoms with Gasteiger partial charge in [0.2, 0.25) is 0 Å². The largest absolute Gasteiger partial charge is 0.378 e. The van der Waals surface area contributed by atoms with E-state index < -0.39 is 0 Å². The van der Waals surface area contributed by atoms with E-state index in [4.69, 9.17) is 4.74 Å². The molecule has 1 unspecified atom stereocenters. The van der Waals surface area contributed by atoms with Gasteiger partial charge in [0.1, 0.15) is 0 Å². The lowest BCUT2D eigenvalue weighted by molar-refractivity contribution is 0.116. The monoisotopic (exact) mass is 113 g/mol. The summed E-state index contributed by atoms with van der Waals surface area (Å²) < 4.78 is 5.34. The maximum absolute atomic E-state index is 5.34. The Balaban J connectivity index is 2.06. The Morgan fingerprint density at radius 1 is 1.75 bits per heavy atom. The van der Waals surface area contributed by atoms with E-state index in [9.17, 15) is 0 Å². The molecule has 0 aromatic rings. The lowest BCUT2D eigenvalue weighted by Crippen LogP contribution is -2.03. The maximum atomic E-state index is 5.34. The molecule has 1 heterocycles. The number of ether oxygens (including phenoxy) is 1. The van der Waals surface area contributed by atoms with Crippen molar-refractivity contribution in [1.29, 1.82) is 0 Å². The molecule has 1 atom stereocenters. The van der Waals surface area contributed by atoms with E-state index in [0.29, 0.717) is 6.10 Å². The van der Waals surface area contributed by atoms with Crippen LogP contribution in [0, 0.1) is 6.42 Å². The van der Waals surface area contributed by atoms with Gasteiger partial charge in [-0.3, -0.25) is 0 Å². The van der Waals surface area contributed by atoms with E-state index in [1.807, 2.05) is 0 Å². The normalized spacial score (nSPS) is 28.9. The van der Waals surface area contributed by atoms with Crippen LogP contribution >= 0.6 is 0 Å². The molecule has 0 amide bonds. The highest BCUT2D eigenvalue weighted by molar-refractivity contribution is 4.81. The highest BCUT2D eigenvalue weighted by Crippen LogP contribution is 2.14. The molecule has 8 heavy (non-hydrogen) atoms. The minimum Gasteiger partial charge on any atom is -0.378 e. The van der Waals surface area contributed by atoms with Gasteiger partial charge in [0.05, 0.1) is 6.10 Å². The first kappa shape index (κ1) is 6.09. The van der Waals surface area contributed by atoms with Crippen molar-refractivity contribution in [3.8, 4) is 0 Å². The van der Waals surface area contributed by atoms with Crippen molar-refractivity contribution in [2.45, 2.75) is 32.3 Å². The Morgan fingerprint density at radius 2 is 2.62 bits per heavy atom. The molecule has 0 N–H and O–H groups in total. The number of rotatable bonds is 2. The SMILES string of the molecule is CCCC1[CH]CCO1. The molecule has 1 saturated heterocycles. The minimum atomic E-state index is 0.486. The van der Waals surface area contributed by atoms with Crippen LogP contribution in [0.1, 0.15) is 26.2 Å². The summed E-state index contributed by atoms with van der Waals surface area (Å²) >= 11 is 0. The van der Waals surface area contributed by atoms with Gasteiger partial charge in [0, 0.05) is 6.61 Å². The smallest absolute Gasteiger partial charge is 0.0607 e. The van der Waals surface area contributed by atoms with Crippen molar-refractivity contribution in [2.24, 2.45) is 0 Å². The van der Waals surface area contributed by atoms with Crippen molar-refractivity contribution in [3.05, 3.63) is 6.42 Å². The highest BCUT2D eigenvalue weighted by Gasteiger charge is 2.13. The van der Waals surface area contributed by atoms with Crippen molar-refractivity contribution in [3.63, 3.8) is 0 Å². The molecular weight excluding hydrogens is 100 g/mol. The first-order valence-corrected chi connectivity index (χ1v) is 3.38. The highest BCUT2D eigenvalue weighted by atomic mass is 16.5. The second-order valence-corrected chi connectivity index (χ2v) is 2.22. The molecule has 0 aliphatic carbocycles. The van der Waals surface area contributed by atoms with Crippen molar-refractivity contribution < 1.29 is 4.74 Å². The van der Waals surface area contributed by atoms with E-state index in [1.54, 1.807) is 0 Å². The van der Waals surface area contributed by atoms with Gasteiger partial charge in [-0.25, -0.2) is 0 Å². The molecule has 0 aromatic carbocycles. The molecule has 0 bridgehead atoms. The maximum Gasteiger partial charge on any atom is 0.0607 e. The van der Waals surface area contributed by atoms with Crippen molar-refractivity contribution in [1.82, 2.24) is 0 Å². The van der Waals surface area contributed by atoms with Crippen LogP contribution in [0.25, 0.3) is 0 Å². The third-order valence-corrected chi connectivity index (χ3v) is 1.45. The minimum absolute atomic E-state index is 0.486. The zero-order valence-electron chi connectivity index (χ0n) is 5.39. The Morgan fingerprint density at radius 3 is 3.12 bits per heavy atom. The average Bonchev–Trinajstić information content (AvgIpc) is 2.19. The summed E-state index contributed by atoms with van der Waals surface area (Å²) in [5.41, 5.74) is 0. The van der Waals surface area contributed by atoms with Gasteiger partial charge >= 0.3 is 0 Å². The first-order chi connectivity index (χ1) is 3.93. The van der Waals surface area contributed by atoms with E-state index in [-0.39, 0.29) is 0 Å². The Hall–Kier alpha value is -0.0400. The number of hydrogen-bond donors (Lipinski definition) is 0. The lowest BCUT2D eigenvalue weighted by atomic mass is 10.1. The predicted molar refractivity (Wildman–Crippen MR) is 33.6 cm³/mol. The number of hydrogen-bond acceptors (Lipinski definition) is 1. The fraction of sp³-hybridized carbons (Fsp3) is 0.857. The molecule has 1 fully saturated rings. The molecule has 1 radical (unpaired) electrons. The van der Waals surface area contributed by atoms with Crippen LogP contribution in [0.5, 0.6) is 0 Å². The Bertz CT molecular complexity index is 55.4. The second-order valence-electron chi connectivity index (χ2n) is 2.22. The second kappa shape index (κ2) is 3.08. The van der Waals surface area contributed by atoms with Crippen molar-refractivity contribution in [2.75, 3.05) is 6.61 Å². The first-order valence-electron chi connectivity index (χ1n) is 3.38. The van der Waals surface area contributed by atoms with Crippen LogP contribution in [-0.2, 0) is 4.74 Å². The third-order valence-electron chi connectivity index (χ3n) is 1.45. The van der Waals surface area contributed by atoms with Gasteiger partial charge in [-0.2, -0.15) is 0 Å². The fourth-order valence-electron chi connectivity index (χ4n) is 1.03. The fourth-order valence-corrected chi connectivity index (χ4v) is 1.03. The van der Waals surface area contributed by atoms with Crippen LogP contribution in [0.3, 0.4) is 0 Å². The zero-order chi connectivity index (χ0) is 5.82. The Kier molecular flexibility index (Phi) is 2.34. The molecule has 1 heteroatoms. The molecule has 0 saturated carbocycles. The molecule has 0 spiro atoms. The topological polar surface area (TPSA) is 9.23 Å². The van der Waals surface area contributed by atoms with E-state index >= 15 is 0 Å². The molecule has 1 nitrogen and oxygen atoms in total. The zero-order valence-corrected chi connectivity index (χ0v) is 5.39. The molecule has 1 aliphatic heterocycles.